The Morgan fingerprint density at radius 3 is 2.17 bits per heavy atom. The summed E-state index contributed by atoms with van der Waals surface area (Å²) in [4.78, 5) is 2.58. The fourth-order valence-corrected chi connectivity index (χ4v) is 6.24. The zero-order chi connectivity index (χ0) is 24.8. The van der Waals surface area contributed by atoms with Crippen LogP contribution in [-0.2, 0) is 16.6 Å². The molecule has 0 aromatic heterocycles. The van der Waals surface area contributed by atoms with Crippen molar-refractivity contribution in [1.82, 2.24) is 4.90 Å². The fraction of sp³-hybridized carbons (Fsp3) is 0.333. The first kappa shape index (κ1) is 24.9. The van der Waals surface area contributed by atoms with Crippen LogP contribution >= 0.6 is 0 Å². The molecule has 1 fully saturated rings. The van der Waals surface area contributed by atoms with Crippen LogP contribution < -0.4 is 18.5 Å². The van der Waals surface area contributed by atoms with Gasteiger partial charge in [0.15, 0.2) is 0 Å². The van der Waals surface area contributed by atoms with Crippen molar-refractivity contribution >= 4 is 15.7 Å². The highest BCUT2D eigenvalue weighted by Crippen LogP contribution is 2.33. The van der Waals surface area contributed by atoms with E-state index in [-0.39, 0.29) is 10.9 Å². The van der Waals surface area contributed by atoms with Crippen LogP contribution in [0.25, 0.3) is 0 Å². The summed E-state index contributed by atoms with van der Waals surface area (Å²) in [6.07, 6.45) is 1.42. The molecule has 0 atom stereocenters. The fourth-order valence-electron chi connectivity index (χ4n) is 4.54. The van der Waals surface area contributed by atoms with Crippen LogP contribution in [0.4, 0.5) is 5.69 Å². The average molecular weight is 497 g/mol. The van der Waals surface area contributed by atoms with Crippen molar-refractivity contribution in [2.45, 2.75) is 30.3 Å². The number of benzene rings is 3. The first-order valence-corrected chi connectivity index (χ1v) is 13.1. The molecule has 1 aliphatic rings. The van der Waals surface area contributed by atoms with E-state index in [1.165, 1.54) is 0 Å². The van der Waals surface area contributed by atoms with E-state index in [9.17, 15) is 8.42 Å². The van der Waals surface area contributed by atoms with Crippen molar-refractivity contribution < 1.29 is 22.6 Å². The molecule has 186 valence electrons. The van der Waals surface area contributed by atoms with E-state index in [2.05, 4.69) is 11.0 Å². The van der Waals surface area contributed by atoms with Crippen LogP contribution in [0.2, 0.25) is 0 Å². The Bertz CT molecular complexity index is 1220. The molecule has 3 aromatic carbocycles. The number of piperidine rings is 1. The Morgan fingerprint density at radius 1 is 0.829 bits per heavy atom. The molecule has 0 bridgehead atoms. The van der Waals surface area contributed by atoms with Crippen molar-refractivity contribution in [3.8, 4) is 17.2 Å². The predicted molar refractivity (Wildman–Crippen MR) is 137 cm³/mol. The van der Waals surface area contributed by atoms with Gasteiger partial charge in [0.2, 0.25) is 0 Å². The Kier molecular flexibility index (Phi) is 7.83. The number of ether oxygens (including phenoxy) is 3. The van der Waals surface area contributed by atoms with E-state index in [4.69, 9.17) is 14.2 Å². The van der Waals surface area contributed by atoms with Gasteiger partial charge < -0.3 is 14.2 Å². The monoisotopic (exact) mass is 496 g/mol. The Hall–Kier alpha value is -3.23. The Labute approximate surface area is 207 Å². The smallest absolute Gasteiger partial charge is 0.264 e. The lowest BCUT2D eigenvalue weighted by Crippen LogP contribution is -2.47. The maximum Gasteiger partial charge on any atom is 0.264 e. The van der Waals surface area contributed by atoms with Gasteiger partial charge in [-0.15, -0.1) is 0 Å². The average Bonchev–Trinajstić information content (AvgIpc) is 2.90. The zero-order valence-electron chi connectivity index (χ0n) is 20.4. The van der Waals surface area contributed by atoms with Gasteiger partial charge in [-0.1, -0.05) is 24.3 Å². The highest BCUT2D eigenvalue weighted by atomic mass is 32.2. The summed E-state index contributed by atoms with van der Waals surface area (Å²) in [6, 6.07) is 21.6. The molecule has 35 heavy (non-hydrogen) atoms. The number of methoxy groups -OCH3 is 3. The first-order valence-electron chi connectivity index (χ1n) is 11.6. The third-order valence-electron chi connectivity index (χ3n) is 6.40. The highest BCUT2D eigenvalue weighted by molar-refractivity contribution is 7.92. The zero-order valence-corrected chi connectivity index (χ0v) is 21.2. The van der Waals surface area contributed by atoms with Gasteiger partial charge in [-0.3, -0.25) is 9.21 Å². The quantitative estimate of drug-likeness (QED) is 0.432. The Balaban J connectivity index is 1.59. The van der Waals surface area contributed by atoms with E-state index in [1.54, 1.807) is 56.0 Å². The maximum absolute atomic E-state index is 13.9. The third-order valence-corrected chi connectivity index (χ3v) is 8.29. The summed E-state index contributed by atoms with van der Waals surface area (Å²) < 4.78 is 45.5. The van der Waals surface area contributed by atoms with Gasteiger partial charge in [0, 0.05) is 37.3 Å². The number of likely N-dealkylation sites (tertiary alicyclic amines) is 1. The van der Waals surface area contributed by atoms with Crippen LogP contribution in [0.15, 0.2) is 77.7 Å². The predicted octanol–water partition coefficient (Wildman–Crippen LogP) is 4.57. The van der Waals surface area contributed by atoms with Crippen LogP contribution in [0.3, 0.4) is 0 Å². The molecular formula is C27H32N2O5S. The number of hydrogen-bond acceptors (Lipinski definition) is 6. The maximum atomic E-state index is 13.9. The second kappa shape index (κ2) is 11.0. The van der Waals surface area contributed by atoms with Gasteiger partial charge in [0.1, 0.15) is 17.2 Å². The molecule has 0 N–H and O–H groups in total. The summed E-state index contributed by atoms with van der Waals surface area (Å²) >= 11 is 0. The van der Waals surface area contributed by atoms with Gasteiger partial charge in [-0.25, -0.2) is 8.42 Å². The van der Waals surface area contributed by atoms with Crippen molar-refractivity contribution in [2.75, 3.05) is 38.7 Å². The lowest BCUT2D eigenvalue weighted by atomic mass is 10.0. The minimum Gasteiger partial charge on any atom is -0.497 e. The lowest BCUT2D eigenvalue weighted by Gasteiger charge is -2.39. The number of sulfonamides is 1. The van der Waals surface area contributed by atoms with Crippen LogP contribution in [0, 0.1) is 0 Å². The van der Waals surface area contributed by atoms with Gasteiger partial charge in [-0.2, -0.15) is 0 Å². The van der Waals surface area contributed by atoms with Gasteiger partial charge in [0.25, 0.3) is 10.0 Å². The molecule has 0 unspecified atom stereocenters. The molecule has 1 saturated heterocycles. The molecule has 8 heteroatoms. The van der Waals surface area contributed by atoms with Crippen molar-refractivity contribution in [2.24, 2.45) is 0 Å². The SMILES string of the molecule is COc1ccc(S(=O)(=O)N(c2cccc(OC)c2)C2CCN(Cc3ccccc3OC)CC2)cc1. The van der Waals surface area contributed by atoms with Crippen molar-refractivity contribution in [3.05, 3.63) is 78.4 Å². The van der Waals surface area contributed by atoms with E-state index in [1.807, 2.05) is 36.4 Å². The molecule has 0 spiro atoms. The van der Waals surface area contributed by atoms with Crippen LogP contribution in [-0.4, -0.2) is 53.8 Å². The van der Waals surface area contributed by atoms with Crippen molar-refractivity contribution in [1.29, 1.82) is 0 Å². The summed E-state index contributed by atoms with van der Waals surface area (Å²) in [5, 5.41) is 0. The second-order valence-electron chi connectivity index (χ2n) is 8.50. The molecule has 0 radical (unpaired) electrons. The van der Waals surface area contributed by atoms with Gasteiger partial charge in [-0.05, 0) is 55.3 Å². The minimum atomic E-state index is -3.81. The van der Waals surface area contributed by atoms with E-state index in [0.29, 0.717) is 30.0 Å². The molecule has 4 rings (SSSR count). The molecule has 0 saturated carbocycles. The normalized spacial score (nSPS) is 14.9. The number of hydrogen-bond donors (Lipinski definition) is 0. The number of para-hydroxylation sites is 1. The van der Waals surface area contributed by atoms with Gasteiger partial charge >= 0.3 is 0 Å². The molecule has 0 amide bonds. The second-order valence-corrected chi connectivity index (χ2v) is 10.3. The largest absolute Gasteiger partial charge is 0.497 e. The standard InChI is InChI=1S/C27H32N2O5S/c1-32-24-11-13-26(14-12-24)35(30,31)29(23-8-6-9-25(19-23)33-2)22-15-17-28(18-16-22)20-21-7-4-5-10-27(21)34-3/h4-14,19,22H,15-18,20H2,1-3H3. The topological polar surface area (TPSA) is 68.3 Å². The van der Waals surface area contributed by atoms with E-state index in [0.717, 1.165) is 30.9 Å². The summed E-state index contributed by atoms with van der Waals surface area (Å²) in [6.45, 7) is 2.32. The number of nitrogens with zero attached hydrogens (tertiary/aromatic N) is 2. The van der Waals surface area contributed by atoms with Crippen molar-refractivity contribution in [3.63, 3.8) is 0 Å². The number of anilines is 1. The summed E-state index contributed by atoms with van der Waals surface area (Å²) in [5.41, 5.74) is 1.73. The molecule has 1 heterocycles. The van der Waals surface area contributed by atoms with Crippen LogP contribution in [0.5, 0.6) is 17.2 Å². The molecule has 0 aliphatic carbocycles. The van der Waals surface area contributed by atoms with Gasteiger partial charge in [0.05, 0.1) is 31.9 Å². The lowest BCUT2D eigenvalue weighted by molar-refractivity contribution is 0.204. The summed E-state index contributed by atoms with van der Waals surface area (Å²) in [7, 11) is 1.02. The van der Waals surface area contributed by atoms with E-state index >= 15 is 0 Å². The highest BCUT2D eigenvalue weighted by Gasteiger charge is 2.34. The molecule has 7 nitrogen and oxygen atoms in total. The minimum absolute atomic E-state index is 0.178. The summed E-state index contributed by atoms with van der Waals surface area (Å²) in [5.74, 6) is 2.10. The first-order chi connectivity index (χ1) is 17.0. The number of rotatable bonds is 9. The Morgan fingerprint density at radius 2 is 1.51 bits per heavy atom. The molecular weight excluding hydrogens is 464 g/mol. The molecule has 3 aromatic rings. The third kappa shape index (κ3) is 5.55. The van der Waals surface area contributed by atoms with E-state index < -0.39 is 10.0 Å². The van der Waals surface area contributed by atoms with Crippen LogP contribution in [0.1, 0.15) is 18.4 Å². The molecule has 1 aliphatic heterocycles.